The maximum absolute atomic E-state index is 12.0. The first-order valence-electron chi connectivity index (χ1n) is 8.92. The Hall–Kier alpha value is -1.67. The minimum absolute atomic E-state index is 0.000933. The molecule has 0 bridgehead atoms. The quantitative estimate of drug-likeness (QED) is 0.522. The molecule has 0 aromatic carbocycles. The van der Waals surface area contributed by atoms with Gasteiger partial charge in [-0.1, -0.05) is 25.7 Å². The average molecular weight is 318 g/mol. The highest BCUT2D eigenvalue weighted by atomic mass is 16.6. The van der Waals surface area contributed by atoms with E-state index < -0.39 is 24.9 Å². The molecule has 0 aromatic rings. The molecule has 0 saturated carbocycles. The number of nitrogens with zero attached hydrogens (tertiary/aromatic N) is 3. The Morgan fingerprint density at radius 2 is 1.95 bits per heavy atom. The number of ether oxygens (including phenoxy) is 1. The summed E-state index contributed by atoms with van der Waals surface area (Å²) in [5.74, 6) is -1.52. The molecule has 0 radical (unpaired) electrons. The van der Waals surface area contributed by atoms with Gasteiger partial charge >= 0.3 is 6.09 Å². The lowest BCUT2D eigenvalue weighted by atomic mass is 10.1. The van der Waals surface area contributed by atoms with Crippen LogP contribution in [0.25, 0.3) is 0 Å². The molecular formula is C14H25N3O5. The Balaban J connectivity index is 3.06. The van der Waals surface area contributed by atoms with Crippen LogP contribution in [0.3, 0.4) is 0 Å². The highest BCUT2D eigenvalue weighted by Gasteiger charge is 2.21. The minimum Gasteiger partial charge on any atom is -0.463 e. The molecule has 126 valence electrons. The van der Waals surface area contributed by atoms with Gasteiger partial charge < -0.3 is 14.7 Å². The summed E-state index contributed by atoms with van der Waals surface area (Å²) < 4.78 is 28.0. The van der Waals surface area contributed by atoms with Gasteiger partial charge in [0.1, 0.15) is 0 Å². The zero-order chi connectivity index (χ0) is 18.9. The number of amides is 2. The van der Waals surface area contributed by atoms with Crippen molar-refractivity contribution in [3.8, 4) is 0 Å². The summed E-state index contributed by atoms with van der Waals surface area (Å²) >= 11 is 0. The molecular weight excluding hydrogens is 290 g/mol. The highest BCUT2D eigenvalue weighted by Crippen LogP contribution is 2.09. The third kappa shape index (κ3) is 6.86. The van der Waals surface area contributed by atoms with Crippen LogP contribution in [0.15, 0.2) is 4.99 Å². The third-order valence-corrected chi connectivity index (χ3v) is 3.23. The number of carbonyl (C=O) groups excluding carboxylic acids is 1. The molecule has 1 heterocycles. The summed E-state index contributed by atoms with van der Waals surface area (Å²) in [7, 11) is 0. The van der Waals surface area contributed by atoms with E-state index >= 15 is 0 Å². The number of guanidine groups is 1. The highest BCUT2D eigenvalue weighted by molar-refractivity contribution is 5.98. The number of rotatable bonds is 0. The standard InChI is InChI=1S/C14H25N3O5/c1-16-9-11-22-10-7-5-3-2-4-6-8-12(18)15-13(16)17(21)14(19)20/h21H,2-11H2,1H3,(H,19,20)/i1D3. The van der Waals surface area contributed by atoms with Crippen LogP contribution in [0.4, 0.5) is 4.79 Å². The van der Waals surface area contributed by atoms with Gasteiger partial charge in [0.15, 0.2) is 0 Å². The Kier molecular flexibility index (Phi) is 6.42. The first kappa shape index (κ1) is 14.0. The van der Waals surface area contributed by atoms with Gasteiger partial charge in [0, 0.05) is 30.7 Å². The van der Waals surface area contributed by atoms with Crippen LogP contribution in [0.2, 0.25) is 0 Å². The van der Waals surface area contributed by atoms with E-state index in [4.69, 9.17) is 14.0 Å². The number of likely N-dealkylation sites (N-methyl/N-ethyl adjacent to an activating group) is 1. The van der Waals surface area contributed by atoms with E-state index in [0.29, 0.717) is 17.9 Å². The molecule has 0 unspecified atom stereocenters. The van der Waals surface area contributed by atoms with Gasteiger partial charge in [-0.3, -0.25) is 10.0 Å². The number of hydrogen-bond donors (Lipinski definition) is 2. The fourth-order valence-corrected chi connectivity index (χ4v) is 2.02. The molecule has 1 aliphatic heterocycles. The number of hydroxylamine groups is 2. The normalized spacial score (nSPS) is 22.4. The average Bonchev–Trinajstić information content (AvgIpc) is 2.52. The molecule has 2 amide bonds. The summed E-state index contributed by atoms with van der Waals surface area (Å²) in [6.45, 7) is -2.58. The predicted octanol–water partition coefficient (Wildman–Crippen LogP) is 1.93. The van der Waals surface area contributed by atoms with Gasteiger partial charge in [-0.2, -0.15) is 4.99 Å². The zero-order valence-electron chi connectivity index (χ0n) is 15.5. The fourth-order valence-electron chi connectivity index (χ4n) is 2.02. The predicted molar refractivity (Wildman–Crippen MR) is 79.9 cm³/mol. The van der Waals surface area contributed by atoms with Crippen LogP contribution in [0.1, 0.15) is 49.1 Å². The number of hydrogen-bond acceptors (Lipinski definition) is 5. The lowest BCUT2D eigenvalue weighted by molar-refractivity contribution is -0.118. The van der Waals surface area contributed by atoms with Crippen molar-refractivity contribution >= 4 is 18.0 Å². The first-order valence-corrected chi connectivity index (χ1v) is 7.42. The van der Waals surface area contributed by atoms with Crippen molar-refractivity contribution in [3.63, 3.8) is 0 Å². The molecule has 0 spiro atoms. The molecule has 0 aromatic heterocycles. The first-order chi connectivity index (χ1) is 11.7. The number of carbonyl (C=O) groups is 2. The molecule has 0 atom stereocenters. The number of aliphatic imine (C=N–C) groups is 1. The molecule has 22 heavy (non-hydrogen) atoms. The smallest absolute Gasteiger partial charge is 0.438 e. The SMILES string of the molecule is [2H]C([2H])([2H])N1CCOCCCCCCCCC(=O)N=C1N(O)C(=O)O. The zero-order valence-corrected chi connectivity index (χ0v) is 12.5. The Morgan fingerprint density at radius 3 is 2.64 bits per heavy atom. The Morgan fingerprint density at radius 1 is 1.27 bits per heavy atom. The minimum atomic E-state index is -2.80. The van der Waals surface area contributed by atoms with E-state index in [9.17, 15) is 14.8 Å². The van der Waals surface area contributed by atoms with Gasteiger partial charge in [-0.15, -0.1) is 5.06 Å². The molecule has 1 aliphatic rings. The van der Waals surface area contributed by atoms with Crippen LogP contribution in [0, 0.1) is 0 Å². The van der Waals surface area contributed by atoms with Gasteiger partial charge in [0.2, 0.25) is 11.9 Å². The van der Waals surface area contributed by atoms with Crippen molar-refractivity contribution in [2.24, 2.45) is 4.99 Å². The van der Waals surface area contributed by atoms with E-state index in [1.807, 2.05) is 0 Å². The van der Waals surface area contributed by atoms with Crippen LogP contribution in [-0.2, 0) is 9.53 Å². The molecule has 0 saturated heterocycles. The van der Waals surface area contributed by atoms with Crippen molar-refractivity contribution in [2.45, 2.75) is 44.9 Å². The van der Waals surface area contributed by atoms with Gasteiger partial charge in [0.05, 0.1) is 6.61 Å². The second-order valence-electron chi connectivity index (χ2n) is 5.04. The lowest BCUT2D eigenvalue weighted by Crippen LogP contribution is -2.45. The van der Waals surface area contributed by atoms with Crippen molar-refractivity contribution < 1.29 is 28.8 Å². The molecule has 8 heteroatoms. The van der Waals surface area contributed by atoms with Crippen molar-refractivity contribution in [1.82, 2.24) is 9.96 Å². The van der Waals surface area contributed by atoms with Gasteiger partial charge in [0.25, 0.3) is 0 Å². The monoisotopic (exact) mass is 318 g/mol. The molecule has 0 aliphatic carbocycles. The van der Waals surface area contributed by atoms with E-state index in [1.54, 1.807) is 0 Å². The van der Waals surface area contributed by atoms with Crippen LogP contribution >= 0.6 is 0 Å². The second-order valence-corrected chi connectivity index (χ2v) is 5.04. The topological polar surface area (TPSA) is 103 Å². The van der Waals surface area contributed by atoms with E-state index in [0.717, 1.165) is 32.1 Å². The van der Waals surface area contributed by atoms with Crippen LogP contribution in [-0.4, -0.2) is 65.0 Å². The Bertz CT molecular complexity index is 485. The molecule has 0 fully saturated rings. The Labute approximate surface area is 134 Å². The molecule has 8 nitrogen and oxygen atoms in total. The maximum Gasteiger partial charge on any atom is 0.438 e. The lowest BCUT2D eigenvalue weighted by Gasteiger charge is -2.24. The summed E-state index contributed by atoms with van der Waals surface area (Å²) in [4.78, 5) is 27.1. The van der Waals surface area contributed by atoms with E-state index in [2.05, 4.69) is 4.99 Å². The largest absolute Gasteiger partial charge is 0.463 e. The van der Waals surface area contributed by atoms with Gasteiger partial charge in [-0.25, -0.2) is 4.79 Å². The summed E-state index contributed by atoms with van der Waals surface area (Å²) in [6, 6.07) is 0. The van der Waals surface area contributed by atoms with Crippen LogP contribution in [0.5, 0.6) is 0 Å². The van der Waals surface area contributed by atoms with Crippen LogP contribution < -0.4 is 0 Å². The number of carboxylic acid groups (broad SMARTS) is 1. The third-order valence-electron chi connectivity index (χ3n) is 3.23. The summed E-state index contributed by atoms with van der Waals surface area (Å²) in [6.07, 6.45) is 3.43. The van der Waals surface area contributed by atoms with Gasteiger partial charge in [-0.05, 0) is 12.8 Å². The maximum atomic E-state index is 12.0. The van der Waals surface area contributed by atoms with Crippen molar-refractivity contribution in [1.29, 1.82) is 0 Å². The van der Waals surface area contributed by atoms with Crippen molar-refractivity contribution in [2.75, 3.05) is 26.7 Å². The molecule has 2 N–H and O–H groups in total. The summed E-state index contributed by atoms with van der Waals surface area (Å²) in [5, 5.41) is 18.3. The van der Waals surface area contributed by atoms with E-state index in [1.165, 1.54) is 0 Å². The van der Waals surface area contributed by atoms with Crippen molar-refractivity contribution in [3.05, 3.63) is 0 Å². The van der Waals surface area contributed by atoms with E-state index in [-0.39, 0.29) is 24.6 Å². The summed E-state index contributed by atoms with van der Waals surface area (Å²) in [5.41, 5.74) is 0. The molecule has 1 rings (SSSR count). The fraction of sp³-hybridized carbons (Fsp3) is 0.786. The second kappa shape index (κ2) is 10.1.